The molecule has 1 aromatic heterocycles. The van der Waals surface area contributed by atoms with Crippen LogP contribution in [0.2, 0.25) is 0 Å². The fourth-order valence-corrected chi connectivity index (χ4v) is 2.87. The van der Waals surface area contributed by atoms with Crippen LogP contribution >= 0.6 is 12.2 Å². The fourth-order valence-electron chi connectivity index (χ4n) is 2.70. The molecule has 0 saturated carbocycles. The van der Waals surface area contributed by atoms with Crippen LogP contribution in [-0.2, 0) is 4.74 Å². The summed E-state index contributed by atoms with van der Waals surface area (Å²) in [6.45, 7) is 1.73. The molecule has 1 aliphatic rings. The minimum atomic E-state index is 0.382. The van der Waals surface area contributed by atoms with Crippen molar-refractivity contribution in [3.05, 3.63) is 35.9 Å². The fraction of sp³-hybridized carbons (Fsp3) is 0.375. The SMILES string of the molecule is NC(=S)c1cc(NCCC2CCCO2)nc2ccccc12. The van der Waals surface area contributed by atoms with Crippen LogP contribution < -0.4 is 11.1 Å². The lowest BCUT2D eigenvalue weighted by molar-refractivity contribution is 0.107. The highest BCUT2D eigenvalue weighted by atomic mass is 32.1. The number of aromatic nitrogens is 1. The first-order valence-corrected chi connectivity index (χ1v) is 7.70. The van der Waals surface area contributed by atoms with Gasteiger partial charge in [0.1, 0.15) is 10.8 Å². The summed E-state index contributed by atoms with van der Waals surface area (Å²) < 4.78 is 5.62. The molecule has 0 bridgehead atoms. The highest BCUT2D eigenvalue weighted by Crippen LogP contribution is 2.21. The lowest BCUT2D eigenvalue weighted by Gasteiger charge is -2.12. The lowest BCUT2D eigenvalue weighted by Crippen LogP contribution is -2.15. The maximum absolute atomic E-state index is 5.83. The Labute approximate surface area is 129 Å². The van der Waals surface area contributed by atoms with Crippen molar-refractivity contribution in [1.29, 1.82) is 0 Å². The summed E-state index contributed by atoms with van der Waals surface area (Å²) in [6.07, 6.45) is 3.71. The molecular formula is C16H19N3OS. The van der Waals surface area contributed by atoms with E-state index in [2.05, 4.69) is 10.3 Å². The second-order valence-corrected chi connectivity index (χ2v) is 5.73. The quantitative estimate of drug-likeness (QED) is 0.832. The van der Waals surface area contributed by atoms with Gasteiger partial charge in [0.15, 0.2) is 0 Å². The molecule has 1 saturated heterocycles. The van der Waals surface area contributed by atoms with Crippen molar-refractivity contribution in [2.45, 2.75) is 25.4 Å². The van der Waals surface area contributed by atoms with E-state index in [9.17, 15) is 0 Å². The van der Waals surface area contributed by atoms with Gasteiger partial charge in [0.2, 0.25) is 0 Å². The summed E-state index contributed by atoms with van der Waals surface area (Å²) in [5, 5.41) is 4.35. The second kappa shape index (κ2) is 6.37. The normalized spacial score (nSPS) is 18.0. The van der Waals surface area contributed by atoms with Crippen LogP contribution in [0.3, 0.4) is 0 Å². The van der Waals surface area contributed by atoms with Crippen LogP contribution in [0.15, 0.2) is 30.3 Å². The van der Waals surface area contributed by atoms with Gasteiger partial charge in [-0.2, -0.15) is 0 Å². The molecule has 5 heteroatoms. The average Bonchev–Trinajstić information content (AvgIpc) is 2.99. The van der Waals surface area contributed by atoms with Crippen molar-refractivity contribution in [2.75, 3.05) is 18.5 Å². The van der Waals surface area contributed by atoms with Gasteiger partial charge in [-0.1, -0.05) is 30.4 Å². The monoisotopic (exact) mass is 301 g/mol. The number of nitrogens with one attached hydrogen (secondary N) is 1. The molecule has 1 aromatic carbocycles. The Morgan fingerprint density at radius 1 is 1.43 bits per heavy atom. The largest absolute Gasteiger partial charge is 0.389 e. The molecule has 3 N–H and O–H groups in total. The molecule has 0 radical (unpaired) electrons. The standard InChI is InChI=1S/C16H19N3OS/c17-16(21)13-10-15(18-8-7-11-4-3-9-20-11)19-14-6-2-1-5-12(13)14/h1-2,5-6,10-11H,3-4,7-9H2,(H2,17,21)(H,18,19). The Morgan fingerprint density at radius 2 is 2.29 bits per heavy atom. The minimum Gasteiger partial charge on any atom is -0.389 e. The molecule has 1 fully saturated rings. The van der Waals surface area contributed by atoms with E-state index in [1.165, 1.54) is 6.42 Å². The molecule has 3 rings (SSSR count). The first-order valence-electron chi connectivity index (χ1n) is 7.29. The van der Waals surface area contributed by atoms with Gasteiger partial charge in [-0.3, -0.25) is 0 Å². The van der Waals surface area contributed by atoms with Gasteiger partial charge in [-0.05, 0) is 31.4 Å². The average molecular weight is 301 g/mol. The first-order chi connectivity index (χ1) is 10.2. The molecule has 4 nitrogen and oxygen atoms in total. The maximum atomic E-state index is 5.83. The van der Waals surface area contributed by atoms with Crippen LogP contribution in [-0.4, -0.2) is 29.2 Å². The van der Waals surface area contributed by atoms with Crippen molar-refractivity contribution in [2.24, 2.45) is 5.73 Å². The number of rotatable bonds is 5. The molecule has 0 amide bonds. The Balaban J connectivity index is 1.76. The number of para-hydroxylation sites is 1. The maximum Gasteiger partial charge on any atom is 0.127 e. The third-order valence-corrected chi connectivity index (χ3v) is 4.00. The zero-order valence-electron chi connectivity index (χ0n) is 11.8. The van der Waals surface area contributed by atoms with E-state index >= 15 is 0 Å². The molecule has 2 aromatic rings. The highest BCUT2D eigenvalue weighted by Gasteiger charge is 2.15. The Morgan fingerprint density at radius 3 is 3.05 bits per heavy atom. The summed E-state index contributed by atoms with van der Waals surface area (Å²) in [4.78, 5) is 5.01. The third kappa shape index (κ3) is 3.31. The summed E-state index contributed by atoms with van der Waals surface area (Å²) in [5.74, 6) is 0.814. The van der Waals surface area contributed by atoms with E-state index in [1.54, 1.807) is 0 Å². The van der Waals surface area contributed by atoms with E-state index in [4.69, 9.17) is 22.7 Å². The molecule has 1 unspecified atom stereocenters. The number of thiocarbonyl (C=S) groups is 1. The first kappa shape index (κ1) is 14.2. The molecule has 1 atom stereocenters. The Bertz CT molecular complexity index is 653. The summed E-state index contributed by atoms with van der Waals surface area (Å²) >= 11 is 5.15. The number of ether oxygens (including phenoxy) is 1. The van der Waals surface area contributed by atoms with Gasteiger partial charge in [0.05, 0.1) is 11.6 Å². The number of hydrogen-bond donors (Lipinski definition) is 2. The third-order valence-electron chi connectivity index (χ3n) is 3.78. The van der Waals surface area contributed by atoms with Crippen molar-refractivity contribution < 1.29 is 4.74 Å². The minimum absolute atomic E-state index is 0.382. The molecule has 2 heterocycles. The Hall–Kier alpha value is -1.72. The van der Waals surface area contributed by atoms with Gasteiger partial charge < -0.3 is 15.8 Å². The van der Waals surface area contributed by atoms with Crippen molar-refractivity contribution in [3.8, 4) is 0 Å². The van der Waals surface area contributed by atoms with Crippen molar-refractivity contribution in [1.82, 2.24) is 4.98 Å². The van der Waals surface area contributed by atoms with E-state index in [1.807, 2.05) is 30.3 Å². The van der Waals surface area contributed by atoms with Gasteiger partial charge in [0.25, 0.3) is 0 Å². The molecule has 1 aliphatic heterocycles. The number of fused-ring (bicyclic) bond motifs is 1. The predicted molar refractivity (Wildman–Crippen MR) is 89.7 cm³/mol. The van der Waals surface area contributed by atoms with Crippen molar-refractivity contribution >= 4 is 33.9 Å². The van der Waals surface area contributed by atoms with Crippen molar-refractivity contribution in [3.63, 3.8) is 0 Å². The van der Waals surface area contributed by atoms with E-state index < -0.39 is 0 Å². The smallest absolute Gasteiger partial charge is 0.127 e. The van der Waals surface area contributed by atoms with Crippen LogP contribution in [0.25, 0.3) is 10.9 Å². The van der Waals surface area contributed by atoms with Crippen LogP contribution in [0.4, 0.5) is 5.82 Å². The van der Waals surface area contributed by atoms with Gasteiger partial charge >= 0.3 is 0 Å². The van der Waals surface area contributed by atoms with E-state index in [-0.39, 0.29) is 0 Å². The molecule has 0 spiro atoms. The van der Waals surface area contributed by atoms with Crippen LogP contribution in [0.5, 0.6) is 0 Å². The predicted octanol–water partition coefficient (Wildman–Crippen LogP) is 2.85. The molecular weight excluding hydrogens is 282 g/mol. The number of benzene rings is 1. The summed E-state index contributed by atoms with van der Waals surface area (Å²) in [6, 6.07) is 9.83. The topological polar surface area (TPSA) is 60.2 Å². The number of pyridine rings is 1. The lowest BCUT2D eigenvalue weighted by atomic mass is 10.1. The number of nitrogens with zero attached hydrogens (tertiary/aromatic N) is 1. The van der Waals surface area contributed by atoms with Gasteiger partial charge in [-0.25, -0.2) is 4.98 Å². The van der Waals surface area contributed by atoms with Gasteiger partial charge in [0, 0.05) is 24.1 Å². The van der Waals surface area contributed by atoms with Gasteiger partial charge in [-0.15, -0.1) is 0 Å². The van der Waals surface area contributed by atoms with E-state index in [0.717, 1.165) is 48.3 Å². The van der Waals surface area contributed by atoms with Crippen LogP contribution in [0.1, 0.15) is 24.8 Å². The Kier molecular flexibility index (Phi) is 4.31. The van der Waals surface area contributed by atoms with E-state index in [0.29, 0.717) is 11.1 Å². The number of nitrogens with two attached hydrogens (primary N) is 1. The molecule has 21 heavy (non-hydrogen) atoms. The number of hydrogen-bond acceptors (Lipinski definition) is 4. The summed E-state index contributed by atoms with van der Waals surface area (Å²) in [5.41, 5.74) is 7.61. The number of anilines is 1. The zero-order chi connectivity index (χ0) is 14.7. The molecule has 110 valence electrons. The highest BCUT2D eigenvalue weighted by molar-refractivity contribution is 7.80. The molecule has 0 aliphatic carbocycles. The summed E-state index contributed by atoms with van der Waals surface area (Å²) in [7, 11) is 0. The second-order valence-electron chi connectivity index (χ2n) is 5.29. The zero-order valence-corrected chi connectivity index (χ0v) is 12.7. The van der Waals surface area contributed by atoms with Crippen LogP contribution in [0, 0.1) is 0 Å².